The number of nitro benzene ring substituents is 1. The lowest BCUT2D eigenvalue weighted by molar-refractivity contribution is -0.386. The minimum Gasteiger partial charge on any atom is -0.388 e. The Hall–Kier alpha value is -1.46. The molecule has 0 aliphatic heterocycles. The lowest BCUT2D eigenvalue weighted by Crippen LogP contribution is -2.04. The number of para-hydroxylation sites is 1. The lowest BCUT2D eigenvalue weighted by atomic mass is 10.0. The van der Waals surface area contributed by atoms with Gasteiger partial charge in [0.05, 0.1) is 16.6 Å². The van der Waals surface area contributed by atoms with Crippen LogP contribution in [0.4, 0.5) is 5.69 Å². The molecule has 0 amide bonds. The zero-order chi connectivity index (χ0) is 12.0. The topological polar surface area (TPSA) is 89.4 Å². The van der Waals surface area contributed by atoms with Crippen LogP contribution in [-0.4, -0.2) is 16.6 Å². The fourth-order valence-electron chi connectivity index (χ4n) is 1.57. The molecular formula is C11H16N2O3. The third-order valence-corrected chi connectivity index (χ3v) is 2.42. The molecule has 1 aromatic rings. The van der Waals surface area contributed by atoms with E-state index in [0.29, 0.717) is 18.5 Å². The van der Waals surface area contributed by atoms with E-state index in [2.05, 4.69) is 0 Å². The second-order valence-electron chi connectivity index (χ2n) is 3.62. The third kappa shape index (κ3) is 3.29. The number of nitrogens with two attached hydrogens (primary N) is 1. The Balaban J connectivity index is 2.74. The molecular weight excluding hydrogens is 208 g/mol. The summed E-state index contributed by atoms with van der Waals surface area (Å²) < 4.78 is 0. The summed E-state index contributed by atoms with van der Waals surface area (Å²) in [6, 6.07) is 6.27. The summed E-state index contributed by atoms with van der Waals surface area (Å²) in [7, 11) is 0. The van der Waals surface area contributed by atoms with Crippen LogP contribution in [0.25, 0.3) is 0 Å². The molecule has 1 rings (SSSR count). The summed E-state index contributed by atoms with van der Waals surface area (Å²) in [6.07, 6.45) is 1.30. The quantitative estimate of drug-likeness (QED) is 0.437. The van der Waals surface area contributed by atoms with E-state index in [1.165, 1.54) is 6.07 Å². The maximum absolute atomic E-state index is 10.7. The maximum atomic E-state index is 10.7. The molecule has 16 heavy (non-hydrogen) atoms. The summed E-state index contributed by atoms with van der Waals surface area (Å²) in [5, 5.41) is 20.6. The lowest BCUT2D eigenvalue weighted by Gasteiger charge is -2.10. The highest BCUT2D eigenvalue weighted by molar-refractivity contribution is 5.41. The summed E-state index contributed by atoms with van der Waals surface area (Å²) in [6.45, 7) is 0.573. The van der Waals surface area contributed by atoms with Gasteiger partial charge in [0.15, 0.2) is 0 Å². The first-order chi connectivity index (χ1) is 7.66. The molecule has 0 radical (unpaired) electrons. The van der Waals surface area contributed by atoms with Crippen molar-refractivity contribution in [3.8, 4) is 0 Å². The zero-order valence-corrected chi connectivity index (χ0v) is 9.00. The number of aliphatic hydroxyl groups is 1. The number of rotatable bonds is 6. The van der Waals surface area contributed by atoms with Gasteiger partial charge in [-0.05, 0) is 31.9 Å². The highest BCUT2D eigenvalue weighted by atomic mass is 16.6. The molecule has 1 atom stereocenters. The van der Waals surface area contributed by atoms with E-state index in [4.69, 9.17) is 5.73 Å². The largest absolute Gasteiger partial charge is 0.388 e. The molecule has 0 saturated carbocycles. The van der Waals surface area contributed by atoms with Gasteiger partial charge in [-0.2, -0.15) is 0 Å². The molecule has 3 N–H and O–H groups in total. The summed E-state index contributed by atoms with van der Waals surface area (Å²) in [4.78, 5) is 10.3. The van der Waals surface area contributed by atoms with Crippen molar-refractivity contribution in [2.45, 2.75) is 25.4 Å². The van der Waals surface area contributed by atoms with E-state index in [1.54, 1.807) is 18.2 Å². The van der Waals surface area contributed by atoms with Crippen LogP contribution in [0.5, 0.6) is 0 Å². The van der Waals surface area contributed by atoms with E-state index in [9.17, 15) is 15.2 Å². The molecule has 0 saturated heterocycles. The van der Waals surface area contributed by atoms with Crippen molar-refractivity contribution in [3.05, 3.63) is 39.9 Å². The minimum atomic E-state index is -0.784. The highest BCUT2D eigenvalue weighted by Crippen LogP contribution is 2.27. The molecule has 88 valence electrons. The molecule has 0 heterocycles. The number of unbranched alkanes of at least 4 members (excludes halogenated alkanes) is 1. The third-order valence-electron chi connectivity index (χ3n) is 2.42. The van der Waals surface area contributed by atoms with E-state index in [0.717, 1.165) is 12.8 Å². The van der Waals surface area contributed by atoms with Gasteiger partial charge in [0.25, 0.3) is 5.69 Å². The second kappa shape index (κ2) is 6.19. The van der Waals surface area contributed by atoms with Gasteiger partial charge in [0.1, 0.15) is 0 Å². The molecule has 0 aliphatic rings. The molecule has 0 bridgehead atoms. The predicted molar refractivity (Wildman–Crippen MR) is 61.0 cm³/mol. The Bertz CT molecular complexity index is 355. The van der Waals surface area contributed by atoms with Crippen LogP contribution in [-0.2, 0) is 0 Å². The normalized spacial score (nSPS) is 12.4. The smallest absolute Gasteiger partial charge is 0.275 e. The Labute approximate surface area is 94.0 Å². The monoisotopic (exact) mass is 224 g/mol. The van der Waals surface area contributed by atoms with Crippen molar-refractivity contribution >= 4 is 5.69 Å². The van der Waals surface area contributed by atoms with Crippen molar-refractivity contribution in [2.24, 2.45) is 5.73 Å². The fraction of sp³-hybridized carbons (Fsp3) is 0.455. The van der Waals surface area contributed by atoms with Gasteiger partial charge in [-0.25, -0.2) is 0 Å². The number of aliphatic hydroxyl groups excluding tert-OH is 1. The second-order valence-corrected chi connectivity index (χ2v) is 3.62. The molecule has 1 aromatic carbocycles. The standard InChI is InChI=1S/C11H16N2O3/c12-8-4-3-7-11(14)9-5-1-2-6-10(9)13(15)16/h1-2,5-6,11,14H,3-4,7-8,12H2/t11-/m0/s1. The first kappa shape index (κ1) is 12.6. The van der Waals surface area contributed by atoms with Crippen molar-refractivity contribution in [2.75, 3.05) is 6.54 Å². The van der Waals surface area contributed by atoms with Gasteiger partial charge < -0.3 is 10.8 Å². The van der Waals surface area contributed by atoms with Gasteiger partial charge in [-0.15, -0.1) is 0 Å². The molecule has 0 unspecified atom stereocenters. The van der Waals surface area contributed by atoms with Gasteiger partial charge in [-0.1, -0.05) is 12.1 Å². The van der Waals surface area contributed by atoms with E-state index in [1.807, 2.05) is 0 Å². The number of benzene rings is 1. The Morgan fingerprint density at radius 2 is 2.06 bits per heavy atom. The van der Waals surface area contributed by atoms with Crippen LogP contribution >= 0.6 is 0 Å². The Morgan fingerprint density at radius 3 is 2.69 bits per heavy atom. The Kier molecular flexibility index (Phi) is 4.88. The van der Waals surface area contributed by atoms with Crippen LogP contribution in [0.1, 0.15) is 30.9 Å². The maximum Gasteiger partial charge on any atom is 0.275 e. The van der Waals surface area contributed by atoms with Crippen LogP contribution in [0.2, 0.25) is 0 Å². The summed E-state index contributed by atoms with van der Waals surface area (Å²) >= 11 is 0. The SMILES string of the molecule is NCCCC[C@H](O)c1ccccc1[N+](=O)[O-]. The number of hydrogen-bond acceptors (Lipinski definition) is 4. The molecule has 0 aliphatic carbocycles. The van der Waals surface area contributed by atoms with Crippen LogP contribution in [0, 0.1) is 10.1 Å². The average Bonchev–Trinajstić information content (AvgIpc) is 2.29. The first-order valence-electron chi connectivity index (χ1n) is 5.28. The van der Waals surface area contributed by atoms with Crippen LogP contribution < -0.4 is 5.73 Å². The molecule has 0 spiro atoms. The Morgan fingerprint density at radius 1 is 1.38 bits per heavy atom. The van der Waals surface area contributed by atoms with Crippen molar-refractivity contribution in [1.29, 1.82) is 0 Å². The van der Waals surface area contributed by atoms with Gasteiger partial charge in [0.2, 0.25) is 0 Å². The minimum absolute atomic E-state index is 0.0252. The van der Waals surface area contributed by atoms with E-state index < -0.39 is 11.0 Å². The average molecular weight is 224 g/mol. The molecule has 5 nitrogen and oxygen atoms in total. The predicted octanol–water partition coefficient (Wildman–Crippen LogP) is 1.76. The van der Waals surface area contributed by atoms with E-state index >= 15 is 0 Å². The van der Waals surface area contributed by atoms with Crippen molar-refractivity contribution < 1.29 is 10.0 Å². The molecule has 0 aromatic heterocycles. The summed E-state index contributed by atoms with van der Waals surface area (Å²) in [5.74, 6) is 0. The number of nitro groups is 1. The first-order valence-corrected chi connectivity index (χ1v) is 5.28. The number of hydrogen-bond donors (Lipinski definition) is 2. The van der Waals surface area contributed by atoms with Crippen LogP contribution in [0.15, 0.2) is 24.3 Å². The van der Waals surface area contributed by atoms with Gasteiger partial charge in [-0.3, -0.25) is 10.1 Å². The molecule has 0 fully saturated rings. The van der Waals surface area contributed by atoms with Gasteiger partial charge in [0, 0.05) is 6.07 Å². The van der Waals surface area contributed by atoms with Crippen LogP contribution in [0.3, 0.4) is 0 Å². The zero-order valence-electron chi connectivity index (χ0n) is 9.00. The number of nitrogens with zero attached hydrogens (tertiary/aromatic N) is 1. The summed E-state index contributed by atoms with van der Waals surface area (Å²) in [5.41, 5.74) is 5.70. The van der Waals surface area contributed by atoms with E-state index in [-0.39, 0.29) is 5.69 Å². The van der Waals surface area contributed by atoms with Crippen molar-refractivity contribution in [1.82, 2.24) is 0 Å². The molecule has 5 heteroatoms. The highest BCUT2D eigenvalue weighted by Gasteiger charge is 2.18. The van der Waals surface area contributed by atoms with Gasteiger partial charge >= 0.3 is 0 Å². The fourth-order valence-corrected chi connectivity index (χ4v) is 1.57. The van der Waals surface area contributed by atoms with Crippen molar-refractivity contribution in [3.63, 3.8) is 0 Å².